The molecule has 0 aliphatic rings. The van der Waals surface area contributed by atoms with Crippen LogP contribution in [0.2, 0.25) is 5.02 Å². The first kappa shape index (κ1) is 15.5. The van der Waals surface area contributed by atoms with Crippen molar-refractivity contribution in [2.75, 3.05) is 6.54 Å². The van der Waals surface area contributed by atoms with E-state index >= 15 is 0 Å². The number of aryl methyl sites for hydroxylation is 2. The van der Waals surface area contributed by atoms with Gasteiger partial charge < -0.3 is 5.32 Å². The molecule has 2 rings (SSSR count). The van der Waals surface area contributed by atoms with E-state index in [4.69, 9.17) is 11.6 Å². The summed E-state index contributed by atoms with van der Waals surface area (Å²) in [7, 11) is 0. The zero-order chi connectivity index (χ0) is 14.5. The molecule has 20 heavy (non-hydrogen) atoms. The van der Waals surface area contributed by atoms with Crippen molar-refractivity contribution >= 4 is 22.9 Å². The highest BCUT2D eigenvalue weighted by molar-refractivity contribution is 7.09. The minimum atomic E-state index is 0.299. The Hall–Kier alpha value is -0.900. The van der Waals surface area contributed by atoms with Gasteiger partial charge >= 0.3 is 0 Å². The molecule has 108 valence electrons. The second-order valence-electron chi connectivity index (χ2n) is 5.08. The third kappa shape index (κ3) is 4.05. The SMILES string of the molecule is CCCNC(Cc1csc(C)n1)c1ccc(Cl)c(C)c1. The van der Waals surface area contributed by atoms with Crippen LogP contribution in [0.4, 0.5) is 0 Å². The van der Waals surface area contributed by atoms with Gasteiger partial charge in [-0.3, -0.25) is 0 Å². The molecule has 0 amide bonds. The van der Waals surface area contributed by atoms with Crippen LogP contribution in [0.1, 0.15) is 41.2 Å². The van der Waals surface area contributed by atoms with Gasteiger partial charge in [0.1, 0.15) is 0 Å². The van der Waals surface area contributed by atoms with Gasteiger partial charge in [-0.1, -0.05) is 30.7 Å². The molecule has 0 fully saturated rings. The van der Waals surface area contributed by atoms with Crippen molar-refractivity contribution in [1.29, 1.82) is 0 Å². The predicted octanol–water partition coefficient (Wildman–Crippen LogP) is 4.70. The lowest BCUT2D eigenvalue weighted by Crippen LogP contribution is -2.24. The molecule has 0 saturated heterocycles. The zero-order valence-corrected chi connectivity index (χ0v) is 13.8. The highest BCUT2D eigenvalue weighted by Crippen LogP contribution is 2.24. The Bertz CT molecular complexity index is 565. The van der Waals surface area contributed by atoms with Crippen molar-refractivity contribution in [3.05, 3.63) is 50.4 Å². The van der Waals surface area contributed by atoms with Crippen molar-refractivity contribution in [3.8, 4) is 0 Å². The molecule has 1 heterocycles. The van der Waals surface area contributed by atoms with Crippen molar-refractivity contribution in [2.24, 2.45) is 0 Å². The number of aromatic nitrogens is 1. The van der Waals surface area contributed by atoms with Crippen molar-refractivity contribution < 1.29 is 0 Å². The van der Waals surface area contributed by atoms with Crippen molar-refractivity contribution in [3.63, 3.8) is 0 Å². The van der Waals surface area contributed by atoms with Crippen LogP contribution in [0.25, 0.3) is 0 Å². The first-order valence-electron chi connectivity index (χ1n) is 7.00. The third-order valence-electron chi connectivity index (χ3n) is 3.30. The summed E-state index contributed by atoms with van der Waals surface area (Å²) < 4.78 is 0. The summed E-state index contributed by atoms with van der Waals surface area (Å²) in [6.45, 7) is 7.30. The molecular formula is C16H21ClN2S. The zero-order valence-electron chi connectivity index (χ0n) is 12.2. The van der Waals surface area contributed by atoms with Crippen molar-refractivity contribution in [1.82, 2.24) is 10.3 Å². The lowest BCUT2D eigenvalue weighted by atomic mass is 10.0. The molecule has 1 unspecified atom stereocenters. The summed E-state index contributed by atoms with van der Waals surface area (Å²) in [6, 6.07) is 6.57. The van der Waals surface area contributed by atoms with E-state index in [2.05, 4.69) is 48.6 Å². The largest absolute Gasteiger partial charge is 0.310 e. The van der Waals surface area contributed by atoms with Crippen LogP contribution in [-0.4, -0.2) is 11.5 Å². The van der Waals surface area contributed by atoms with Crippen LogP contribution < -0.4 is 5.32 Å². The number of hydrogen-bond acceptors (Lipinski definition) is 3. The van der Waals surface area contributed by atoms with E-state index in [0.717, 1.165) is 40.7 Å². The molecule has 0 radical (unpaired) electrons. The maximum Gasteiger partial charge on any atom is 0.0897 e. The Morgan fingerprint density at radius 1 is 1.35 bits per heavy atom. The van der Waals surface area contributed by atoms with Crippen LogP contribution in [-0.2, 0) is 6.42 Å². The number of nitrogens with one attached hydrogen (secondary N) is 1. The molecule has 0 spiro atoms. The van der Waals surface area contributed by atoms with E-state index in [1.165, 1.54) is 5.56 Å². The van der Waals surface area contributed by atoms with E-state index in [-0.39, 0.29) is 0 Å². The number of hydrogen-bond donors (Lipinski definition) is 1. The average molecular weight is 309 g/mol. The molecule has 0 bridgehead atoms. The van der Waals surface area contributed by atoms with Gasteiger partial charge in [-0.25, -0.2) is 4.98 Å². The molecule has 1 N–H and O–H groups in total. The molecule has 4 heteroatoms. The summed E-state index contributed by atoms with van der Waals surface area (Å²) >= 11 is 7.83. The second-order valence-corrected chi connectivity index (χ2v) is 6.55. The number of benzene rings is 1. The van der Waals surface area contributed by atoms with Gasteiger partial charge in [0.2, 0.25) is 0 Å². The minimum Gasteiger partial charge on any atom is -0.310 e. The highest BCUT2D eigenvalue weighted by Gasteiger charge is 2.14. The lowest BCUT2D eigenvalue weighted by Gasteiger charge is -2.19. The minimum absolute atomic E-state index is 0.299. The highest BCUT2D eigenvalue weighted by atomic mass is 35.5. The van der Waals surface area contributed by atoms with Gasteiger partial charge in [-0.05, 0) is 44.0 Å². The van der Waals surface area contributed by atoms with Crippen LogP contribution in [0.3, 0.4) is 0 Å². The van der Waals surface area contributed by atoms with Crippen LogP contribution >= 0.6 is 22.9 Å². The molecule has 0 aliphatic heterocycles. The molecule has 0 aliphatic carbocycles. The first-order chi connectivity index (χ1) is 9.60. The molecule has 1 aromatic heterocycles. The van der Waals surface area contributed by atoms with E-state index < -0.39 is 0 Å². The summed E-state index contributed by atoms with van der Waals surface area (Å²) in [4.78, 5) is 4.58. The van der Waals surface area contributed by atoms with Gasteiger partial charge in [0.15, 0.2) is 0 Å². The Morgan fingerprint density at radius 2 is 2.15 bits per heavy atom. The second kappa shape index (κ2) is 7.21. The Kier molecular flexibility index (Phi) is 5.58. The quantitative estimate of drug-likeness (QED) is 0.837. The summed E-state index contributed by atoms with van der Waals surface area (Å²) in [5.41, 5.74) is 3.57. The van der Waals surface area contributed by atoms with Gasteiger partial charge in [0.25, 0.3) is 0 Å². The fraction of sp³-hybridized carbons (Fsp3) is 0.438. The molecule has 2 aromatic rings. The van der Waals surface area contributed by atoms with E-state index in [0.29, 0.717) is 6.04 Å². The molecular weight excluding hydrogens is 288 g/mol. The number of nitrogens with zero attached hydrogens (tertiary/aromatic N) is 1. The predicted molar refractivity (Wildman–Crippen MR) is 87.8 cm³/mol. The number of thiazole rings is 1. The van der Waals surface area contributed by atoms with Gasteiger partial charge in [-0.15, -0.1) is 11.3 Å². The number of rotatable bonds is 6. The Morgan fingerprint density at radius 3 is 2.75 bits per heavy atom. The van der Waals surface area contributed by atoms with E-state index in [9.17, 15) is 0 Å². The molecule has 1 atom stereocenters. The lowest BCUT2D eigenvalue weighted by molar-refractivity contribution is 0.525. The molecule has 0 saturated carbocycles. The first-order valence-corrected chi connectivity index (χ1v) is 8.26. The fourth-order valence-electron chi connectivity index (χ4n) is 2.22. The summed E-state index contributed by atoms with van der Waals surface area (Å²) in [5.74, 6) is 0. The van der Waals surface area contributed by atoms with Crippen LogP contribution in [0.15, 0.2) is 23.6 Å². The Balaban J connectivity index is 2.19. The monoisotopic (exact) mass is 308 g/mol. The standard InChI is InChI=1S/C16H21ClN2S/c1-4-7-18-16(9-14-10-20-12(3)19-14)13-5-6-15(17)11(2)8-13/h5-6,8,10,16,18H,4,7,9H2,1-3H3. The maximum absolute atomic E-state index is 6.12. The molecule has 2 nitrogen and oxygen atoms in total. The normalized spacial score (nSPS) is 12.6. The third-order valence-corrected chi connectivity index (χ3v) is 4.55. The average Bonchev–Trinajstić information content (AvgIpc) is 2.83. The van der Waals surface area contributed by atoms with Gasteiger partial charge in [0.05, 0.1) is 10.7 Å². The fourth-order valence-corrected chi connectivity index (χ4v) is 2.97. The molecule has 1 aromatic carbocycles. The summed E-state index contributed by atoms with van der Waals surface area (Å²) in [6.07, 6.45) is 2.05. The number of halogens is 1. The smallest absolute Gasteiger partial charge is 0.0897 e. The van der Waals surface area contributed by atoms with E-state index in [1.807, 2.05) is 6.07 Å². The topological polar surface area (TPSA) is 24.9 Å². The van der Waals surface area contributed by atoms with E-state index in [1.54, 1.807) is 11.3 Å². The van der Waals surface area contributed by atoms with Crippen LogP contribution in [0.5, 0.6) is 0 Å². The van der Waals surface area contributed by atoms with Gasteiger partial charge in [0, 0.05) is 22.9 Å². The van der Waals surface area contributed by atoms with Gasteiger partial charge in [-0.2, -0.15) is 0 Å². The maximum atomic E-state index is 6.12. The summed E-state index contributed by atoms with van der Waals surface area (Å²) in [5, 5.41) is 7.72. The van der Waals surface area contributed by atoms with Crippen molar-refractivity contribution in [2.45, 2.75) is 39.7 Å². The Labute approximate surface area is 130 Å². The van der Waals surface area contributed by atoms with Crippen LogP contribution in [0, 0.1) is 13.8 Å².